The van der Waals surface area contributed by atoms with Gasteiger partial charge in [-0.25, -0.2) is 0 Å². The normalized spacial score (nSPS) is 11.7. The highest BCUT2D eigenvalue weighted by atomic mass is 16.5. The molecule has 0 aliphatic heterocycles. The molecule has 11 heteroatoms. The molecular formula is C95H75N3O8. The summed E-state index contributed by atoms with van der Waals surface area (Å²) in [5.41, 5.74) is 16.2. The number of aromatic nitrogens is 3. The van der Waals surface area contributed by atoms with E-state index >= 15 is 0 Å². The fourth-order valence-corrected chi connectivity index (χ4v) is 16.0. The average molecular weight is 1390 g/mol. The van der Waals surface area contributed by atoms with E-state index in [1.807, 2.05) is 49.3 Å². The van der Waals surface area contributed by atoms with Crippen molar-refractivity contribution in [1.29, 1.82) is 0 Å². The highest BCUT2D eigenvalue weighted by Gasteiger charge is 2.29. The number of methoxy groups -OCH3 is 4. The summed E-state index contributed by atoms with van der Waals surface area (Å²) in [4.78, 5) is 14.4. The van der Waals surface area contributed by atoms with E-state index in [4.69, 9.17) is 42.9 Å². The van der Waals surface area contributed by atoms with Gasteiger partial charge in [-0.2, -0.15) is 0 Å². The average Bonchev–Trinajstić information content (AvgIpc) is 0.726. The Balaban J connectivity index is 0.879. The number of fused-ring (bicyclic) bond motifs is 8. The number of hydrogen-bond acceptors (Lipinski definition) is 11. The molecule has 0 N–H and O–H groups in total. The molecule has 0 spiro atoms. The molecule has 3 heterocycles. The molecule has 14 aromatic carbocycles. The van der Waals surface area contributed by atoms with E-state index < -0.39 is 0 Å². The first-order valence-electron chi connectivity index (χ1n) is 35.9. The number of nitrogens with zero attached hydrogens (tertiary/aromatic N) is 3. The van der Waals surface area contributed by atoms with Gasteiger partial charge in [0.05, 0.1) is 26.4 Å². The van der Waals surface area contributed by atoms with Gasteiger partial charge >= 0.3 is 0 Å². The Morgan fingerprint density at radius 3 is 0.613 bits per heavy atom. The van der Waals surface area contributed by atoms with Crippen LogP contribution in [0.3, 0.4) is 0 Å². The Morgan fingerprint density at radius 1 is 0.198 bits per heavy atom. The molecule has 0 aliphatic carbocycles. The smallest absolute Gasteiger partial charge is 0.131 e. The molecule has 0 saturated heterocycles. The summed E-state index contributed by atoms with van der Waals surface area (Å²) in [6.07, 6.45) is 11.6. The third kappa shape index (κ3) is 12.1. The molecule has 106 heavy (non-hydrogen) atoms. The van der Waals surface area contributed by atoms with Gasteiger partial charge in [0.25, 0.3) is 0 Å². The second-order valence-electron chi connectivity index (χ2n) is 26.4. The van der Waals surface area contributed by atoms with Crippen molar-refractivity contribution in [2.24, 2.45) is 0 Å². The van der Waals surface area contributed by atoms with Crippen LogP contribution >= 0.6 is 0 Å². The summed E-state index contributed by atoms with van der Waals surface area (Å²) in [5, 5.41) is 17.1. The lowest BCUT2D eigenvalue weighted by atomic mass is 9.82. The molecular weight excluding hydrogens is 1310 g/mol. The monoisotopic (exact) mass is 1390 g/mol. The molecule has 0 bridgehead atoms. The highest BCUT2D eigenvalue weighted by molar-refractivity contribution is 6.27. The van der Waals surface area contributed by atoms with Crippen LogP contribution in [0.4, 0.5) is 0 Å². The third-order valence-corrected chi connectivity index (χ3v) is 20.4. The molecule has 0 aliphatic rings. The molecule has 0 unspecified atom stereocenters. The molecule has 518 valence electrons. The van der Waals surface area contributed by atoms with E-state index in [2.05, 4.69) is 247 Å². The van der Waals surface area contributed by atoms with Crippen molar-refractivity contribution >= 4 is 86.2 Å². The summed E-state index contributed by atoms with van der Waals surface area (Å²) in [5.74, 6) is 2.67. The van der Waals surface area contributed by atoms with E-state index in [9.17, 15) is 0 Å². The second-order valence-corrected chi connectivity index (χ2v) is 26.4. The molecule has 0 fully saturated rings. The predicted molar refractivity (Wildman–Crippen MR) is 433 cm³/mol. The van der Waals surface area contributed by atoms with Gasteiger partial charge in [-0.3, -0.25) is 15.0 Å². The van der Waals surface area contributed by atoms with Gasteiger partial charge in [-0.1, -0.05) is 206 Å². The largest absolute Gasteiger partial charge is 0.490 e. The number of pyridine rings is 3. The molecule has 0 atom stereocenters. The van der Waals surface area contributed by atoms with Gasteiger partial charge in [0.2, 0.25) is 0 Å². The zero-order chi connectivity index (χ0) is 71.5. The second kappa shape index (κ2) is 29.8. The van der Waals surface area contributed by atoms with E-state index in [0.717, 1.165) is 175 Å². The molecule has 17 aromatic rings. The van der Waals surface area contributed by atoms with Crippen molar-refractivity contribution in [3.63, 3.8) is 0 Å². The lowest BCUT2D eigenvalue weighted by Gasteiger charge is -2.24. The summed E-state index contributed by atoms with van der Waals surface area (Å²) < 4.78 is 50.3. The minimum absolute atomic E-state index is 0.306. The lowest BCUT2D eigenvalue weighted by molar-refractivity contribution is 0.143. The Labute approximate surface area is 614 Å². The first kappa shape index (κ1) is 66.9. The van der Waals surface area contributed by atoms with Crippen LogP contribution in [0.2, 0.25) is 0 Å². The highest BCUT2D eigenvalue weighted by Crippen LogP contribution is 2.55. The summed E-state index contributed by atoms with van der Waals surface area (Å²) in [7, 11) is 6.79. The van der Waals surface area contributed by atoms with Crippen molar-refractivity contribution in [2.45, 2.75) is 0 Å². The summed E-state index contributed by atoms with van der Waals surface area (Å²) in [6, 6.07) is 89.1. The molecule has 0 saturated carbocycles. The van der Waals surface area contributed by atoms with Gasteiger partial charge in [-0.05, 0) is 139 Å². The van der Waals surface area contributed by atoms with Crippen molar-refractivity contribution in [2.75, 3.05) is 81.3 Å². The van der Waals surface area contributed by atoms with Crippen LogP contribution in [0.5, 0.6) is 23.0 Å². The van der Waals surface area contributed by atoms with Crippen molar-refractivity contribution in [3.05, 3.63) is 286 Å². The van der Waals surface area contributed by atoms with E-state index in [1.165, 1.54) is 0 Å². The Bertz CT molecular complexity index is 5580. The van der Waals surface area contributed by atoms with Crippen LogP contribution in [0, 0.1) is 0 Å². The zero-order valence-corrected chi connectivity index (χ0v) is 59.4. The molecule has 0 radical (unpaired) electrons. The van der Waals surface area contributed by atoms with Crippen LogP contribution in [0.25, 0.3) is 175 Å². The zero-order valence-electron chi connectivity index (χ0n) is 59.4. The number of hydrogen-bond donors (Lipinski definition) is 0. The van der Waals surface area contributed by atoms with Gasteiger partial charge in [0, 0.05) is 145 Å². The van der Waals surface area contributed by atoms with Crippen LogP contribution in [-0.2, 0) is 18.9 Å². The van der Waals surface area contributed by atoms with Gasteiger partial charge < -0.3 is 37.9 Å². The minimum Gasteiger partial charge on any atom is -0.490 e. The molecule has 3 aromatic heterocycles. The Hall–Kier alpha value is -12.4. The quantitative estimate of drug-likeness (QED) is 0.0426. The maximum absolute atomic E-state index is 6.96. The lowest BCUT2D eigenvalue weighted by Crippen LogP contribution is -2.08. The number of benzene rings is 14. The van der Waals surface area contributed by atoms with Crippen LogP contribution < -0.4 is 18.9 Å². The fourth-order valence-electron chi connectivity index (χ4n) is 16.0. The SMILES string of the molecule is COCCOc1cc(OCCOC)c(-c2c3ccccc3c(-c3cncc(-c4c5ccccc5c(-c5cc(-c6c7ccccc7c(-c7cccnc7)c7ccccc67)c(OCCOC)cc5OCCOC)c5ccccc45)c3)c3ccccc23)cc1-c1c2ccccc2c(-c2cccnc2)c2ccccc12. The molecule has 17 rings (SSSR count). The van der Waals surface area contributed by atoms with Gasteiger partial charge in [-0.15, -0.1) is 0 Å². The first-order valence-corrected chi connectivity index (χ1v) is 35.9. The van der Waals surface area contributed by atoms with Gasteiger partial charge in [0.15, 0.2) is 0 Å². The first-order chi connectivity index (χ1) is 52.5. The van der Waals surface area contributed by atoms with Crippen molar-refractivity contribution in [3.8, 4) is 112 Å². The summed E-state index contributed by atoms with van der Waals surface area (Å²) >= 11 is 0. The third-order valence-electron chi connectivity index (χ3n) is 20.4. The Morgan fingerprint density at radius 2 is 0.406 bits per heavy atom. The standard InChI is InChI=1S/C95H75N3O8/c1-99-43-47-103-84-54-86(105-49-45-101-3)82(52-80(84)92-72-33-13-5-25-64(72)88(60-23-21-41-96-56-60)65-26-6-14-34-73(65)92)94-76-37-17-9-29-68(76)90(69-30-10-18-38-77(69)94)62-51-63(59-98-58-62)91-70-31-11-19-39-78(70)95(79-40-20-12-32-71(79)91)83-53-81(85(104-48-44-100-2)55-87(83)106-50-46-102-4)93-74-35-15-7-27-66(74)89(61-24-22-42-97-57-61)67-28-8-16-36-75(67)93/h5-42,51-59H,43-50H2,1-4H3. The maximum Gasteiger partial charge on any atom is 0.131 e. The Kier molecular flexibility index (Phi) is 18.8. The predicted octanol–water partition coefficient (Wildman–Crippen LogP) is 22.5. The number of ether oxygens (including phenoxy) is 8. The van der Waals surface area contributed by atoms with Crippen molar-refractivity contribution in [1.82, 2.24) is 15.0 Å². The van der Waals surface area contributed by atoms with Crippen LogP contribution in [-0.4, -0.2) is 96.2 Å². The molecule has 0 amide bonds. The van der Waals surface area contributed by atoms with Crippen LogP contribution in [0.15, 0.2) is 286 Å². The molecule has 11 nitrogen and oxygen atoms in total. The van der Waals surface area contributed by atoms with E-state index in [0.29, 0.717) is 75.9 Å². The van der Waals surface area contributed by atoms with Crippen LogP contribution in [0.1, 0.15) is 0 Å². The topological polar surface area (TPSA) is 113 Å². The maximum atomic E-state index is 6.96. The minimum atomic E-state index is 0.306. The fraction of sp³-hybridized carbons (Fsp3) is 0.126. The van der Waals surface area contributed by atoms with Gasteiger partial charge in [0.1, 0.15) is 49.4 Å². The number of rotatable bonds is 24. The van der Waals surface area contributed by atoms with E-state index in [-0.39, 0.29) is 0 Å². The van der Waals surface area contributed by atoms with Crippen molar-refractivity contribution < 1.29 is 37.9 Å². The summed E-state index contributed by atoms with van der Waals surface area (Å²) in [6.45, 7) is 2.79. The van der Waals surface area contributed by atoms with E-state index in [1.54, 1.807) is 28.4 Å².